The minimum atomic E-state index is -0.283. The van der Waals surface area contributed by atoms with E-state index in [1.807, 2.05) is 4.90 Å². The topological polar surface area (TPSA) is 83.6 Å². The van der Waals surface area contributed by atoms with Gasteiger partial charge in [-0.1, -0.05) is 0 Å². The van der Waals surface area contributed by atoms with Gasteiger partial charge in [-0.25, -0.2) is 9.78 Å². The Morgan fingerprint density at radius 3 is 2.95 bits per heavy atom. The number of ether oxygens (including phenoxy) is 1. The summed E-state index contributed by atoms with van der Waals surface area (Å²) < 4.78 is 4.94. The van der Waals surface area contributed by atoms with Gasteiger partial charge in [-0.3, -0.25) is 4.79 Å². The lowest BCUT2D eigenvalue weighted by Gasteiger charge is -2.15. The van der Waals surface area contributed by atoms with E-state index in [0.29, 0.717) is 31.1 Å². The van der Waals surface area contributed by atoms with Crippen LogP contribution in [0.5, 0.6) is 5.88 Å². The molecule has 2 heterocycles. The van der Waals surface area contributed by atoms with Gasteiger partial charge in [0.2, 0.25) is 11.8 Å². The molecule has 0 bridgehead atoms. The number of nitrogens with one attached hydrogen (secondary N) is 2. The number of methoxy groups -OCH3 is 1. The van der Waals surface area contributed by atoms with Crippen LogP contribution in [0.15, 0.2) is 18.3 Å². The predicted molar refractivity (Wildman–Crippen MR) is 78.2 cm³/mol. The molecule has 1 aromatic rings. The average Bonchev–Trinajstić information content (AvgIpc) is 2.90. The summed E-state index contributed by atoms with van der Waals surface area (Å²) >= 11 is 0. The number of aromatic nitrogens is 1. The van der Waals surface area contributed by atoms with Gasteiger partial charge in [-0.15, -0.1) is 0 Å². The number of rotatable bonds is 6. The maximum absolute atomic E-state index is 11.7. The fraction of sp³-hybridized carbons (Fsp3) is 0.500. The maximum Gasteiger partial charge on any atom is 0.319 e. The van der Waals surface area contributed by atoms with Crippen LogP contribution in [0, 0.1) is 0 Å². The van der Waals surface area contributed by atoms with Crippen LogP contribution in [0.1, 0.15) is 19.3 Å². The molecule has 0 saturated carbocycles. The van der Waals surface area contributed by atoms with Gasteiger partial charge in [0.05, 0.1) is 19.0 Å². The molecule has 0 unspecified atom stereocenters. The predicted octanol–water partition coefficient (Wildman–Crippen LogP) is 1.22. The highest BCUT2D eigenvalue weighted by molar-refractivity contribution is 5.89. The van der Waals surface area contributed by atoms with Crippen LogP contribution >= 0.6 is 0 Å². The summed E-state index contributed by atoms with van der Waals surface area (Å²) in [5.41, 5.74) is 0.600. The highest BCUT2D eigenvalue weighted by Crippen LogP contribution is 2.11. The van der Waals surface area contributed by atoms with Gasteiger partial charge in [0.15, 0.2) is 0 Å². The normalized spacial score (nSPS) is 14.1. The third-order valence-electron chi connectivity index (χ3n) is 3.27. The van der Waals surface area contributed by atoms with Gasteiger partial charge in [0.25, 0.3) is 0 Å². The fourth-order valence-electron chi connectivity index (χ4n) is 2.16. The number of carbonyl (C=O) groups is 2. The first-order valence-electron chi connectivity index (χ1n) is 7.01. The van der Waals surface area contributed by atoms with E-state index in [2.05, 4.69) is 15.6 Å². The molecule has 0 radical (unpaired) electrons. The van der Waals surface area contributed by atoms with Crippen molar-refractivity contribution in [1.29, 1.82) is 0 Å². The van der Waals surface area contributed by atoms with Crippen LogP contribution < -0.4 is 15.4 Å². The summed E-state index contributed by atoms with van der Waals surface area (Å²) in [6.45, 7) is 2.06. The Morgan fingerprint density at radius 2 is 2.33 bits per heavy atom. The molecular weight excluding hydrogens is 272 g/mol. The first kappa shape index (κ1) is 15.1. The van der Waals surface area contributed by atoms with Crippen molar-refractivity contribution in [3.63, 3.8) is 0 Å². The van der Waals surface area contributed by atoms with Gasteiger partial charge in [-0.2, -0.15) is 0 Å². The molecule has 1 fully saturated rings. The molecule has 1 saturated heterocycles. The molecule has 0 aromatic carbocycles. The molecule has 0 atom stereocenters. The monoisotopic (exact) mass is 292 g/mol. The van der Waals surface area contributed by atoms with Gasteiger partial charge in [0.1, 0.15) is 0 Å². The lowest BCUT2D eigenvalue weighted by molar-refractivity contribution is -0.127. The van der Waals surface area contributed by atoms with Gasteiger partial charge >= 0.3 is 6.03 Å². The van der Waals surface area contributed by atoms with E-state index >= 15 is 0 Å². The molecule has 3 amide bonds. The summed E-state index contributed by atoms with van der Waals surface area (Å²) in [5.74, 6) is 0.708. The quantitative estimate of drug-likeness (QED) is 0.772. The smallest absolute Gasteiger partial charge is 0.319 e. The molecule has 21 heavy (non-hydrogen) atoms. The number of pyridine rings is 1. The van der Waals surface area contributed by atoms with Crippen molar-refractivity contribution >= 4 is 17.6 Å². The van der Waals surface area contributed by atoms with Crippen molar-refractivity contribution < 1.29 is 14.3 Å². The van der Waals surface area contributed by atoms with E-state index in [1.165, 1.54) is 13.3 Å². The fourth-order valence-corrected chi connectivity index (χ4v) is 2.16. The second-order valence-electron chi connectivity index (χ2n) is 4.81. The van der Waals surface area contributed by atoms with Crippen LogP contribution in [-0.4, -0.2) is 48.6 Å². The molecule has 0 spiro atoms. The average molecular weight is 292 g/mol. The Kier molecular flexibility index (Phi) is 5.36. The zero-order chi connectivity index (χ0) is 15.1. The minimum Gasteiger partial charge on any atom is -0.481 e. The van der Waals surface area contributed by atoms with Crippen molar-refractivity contribution in [2.45, 2.75) is 19.3 Å². The first-order chi connectivity index (χ1) is 10.2. The number of hydrogen-bond donors (Lipinski definition) is 2. The molecular formula is C14H20N4O3. The Balaban J connectivity index is 1.63. The highest BCUT2D eigenvalue weighted by atomic mass is 16.5. The Morgan fingerprint density at radius 1 is 1.48 bits per heavy atom. The second-order valence-corrected chi connectivity index (χ2v) is 4.81. The Labute approximate surface area is 123 Å². The van der Waals surface area contributed by atoms with Crippen molar-refractivity contribution in [1.82, 2.24) is 15.2 Å². The van der Waals surface area contributed by atoms with Gasteiger partial charge in [0, 0.05) is 32.1 Å². The number of urea groups is 1. The Hall–Kier alpha value is -2.31. The number of likely N-dealkylation sites (tertiary alicyclic amines) is 1. The minimum absolute atomic E-state index is 0.212. The van der Waals surface area contributed by atoms with Crippen LogP contribution in [0.2, 0.25) is 0 Å². The molecule has 0 aliphatic carbocycles. The summed E-state index contributed by atoms with van der Waals surface area (Å²) in [7, 11) is 1.53. The van der Waals surface area contributed by atoms with Crippen molar-refractivity contribution in [3.05, 3.63) is 18.3 Å². The van der Waals surface area contributed by atoms with E-state index in [4.69, 9.17) is 4.74 Å². The summed E-state index contributed by atoms with van der Waals surface area (Å²) in [6.07, 6.45) is 3.87. The zero-order valence-electron chi connectivity index (χ0n) is 12.1. The number of anilines is 1. The second kappa shape index (κ2) is 7.47. The standard InChI is InChI=1S/C14H20N4O3/c1-21-12-6-5-11(10-16-12)17-14(20)15-7-3-9-18-8-2-4-13(18)19/h5-6,10H,2-4,7-9H2,1H3,(H2,15,17,20). The van der Waals surface area contributed by atoms with E-state index in [-0.39, 0.29) is 11.9 Å². The Bertz CT molecular complexity index is 489. The summed E-state index contributed by atoms with van der Waals surface area (Å²) in [5, 5.41) is 5.43. The molecule has 1 aromatic heterocycles. The lowest BCUT2D eigenvalue weighted by Crippen LogP contribution is -2.33. The lowest BCUT2D eigenvalue weighted by atomic mass is 10.4. The summed E-state index contributed by atoms with van der Waals surface area (Å²) in [4.78, 5) is 28.9. The molecule has 1 aliphatic rings. The van der Waals surface area contributed by atoms with Crippen molar-refractivity contribution in [2.24, 2.45) is 0 Å². The highest BCUT2D eigenvalue weighted by Gasteiger charge is 2.18. The first-order valence-corrected chi connectivity index (χ1v) is 7.01. The maximum atomic E-state index is 11.7. The number of nitrogens with zero attached hydrogens (tertiary/aromatic N) is 2. The SMILES string of the molecule is COc1ccc(NC(=O)NCCCN2CCCC2=O)cn1. The largest absolute Gasteiger partial charge is 0.481 e. The van der Waals surface area contributed by atoms with E-state index in [0.717, 1.165) is 19.4 Å². The van der Waals surface area contributed by atoms with Crippen LogP contribution in [-0.2, 0) is 4.79 Å². The summed E-state index contributed by atoms with van der Waals surface area (Å²) in [6, 6.07) is 3.11. The van der Waals surface area contributed by atoms with E-state index < -0.39 is 0 Å². The molecule has 7 heteroatoms. The molecule has 1 aliphatic heterocycles. The third kappa shape index (κ3) is 4.62. The zero-order valence-corrected chi connectivity index (χ0v) is 12.1. The molecule has 2 N–H and O–H groups in total. The van der Waals surface area contributed by atoms with Gasteiger partial charge < -0.3 is 20.3 Å². The van der Waals surface area contributed by atoms with Crippen molar-refractivity contribution in [3.8, 4) is 5.88 Å². The van der Waals surface area contributed by atoms with Gasteiger partial charge in [-0.05, 0) is 18.9 Å². The van der Waals surface area contributed by atoms with E-state index in [9.17, 15) is 9.59 Å². The molecule has 7 nitrogen and oxygen atoms in total. The number of amides is 3. The van der Waals surface area contributed by atoms with Crippen LogP contribution in [0.3, 0.4) is 0 Å². The number of hydrogen-bond acceptors (Lipinski definition) is 4. The van der Waals surface area contributed by atoms with E-state index in [1.54, 1.807) is 12.1 Å². The molecule has 2 rings (SSSR count). The van der Waals surface area contributed by atoms with Crippen LogP contribution in [0.4, 0.5) is 10.5 Å². The van der Waals surface area contributed by atoms with Crippen molar-refractivity contribution in [2.75, 3.05) is 32.1 Å². The van der Waals surface area contributed by atoms with Crippen LogP contribution in [0.25, 0.3) is 0 Å². The third-order valence-corrected chi connectivity index (χ3v) is 3.27. The number of carbonyl (C=O) groups excluding carboxylic acids is 2. The molecule has 114 valence electrons.